The maximum Gasteiger partial charge on any atom is 0.0206 e. The molecule has 2 fully saturated rings. The van der Waals surface area contributed by atoms with Gasteiger partial charge in [-0.05, 0) is 51.0 Å². The lowest BCUT2D eigenvalue weighted by Gasteiger charge is -2.38. The van der Waals surface area contributed by atoms with Crippen molar-refractivity contribution in [3.05, 3.63) is 0 Å². The third kappa shape index (κ3) is 3.64. The lowest BCUT2D eigenvalue weighted by atomic mass is 9.79. The Morgan fingerprint density at radius 2 is 1.76 bits per heavy atom. The fourth-order valence-electron chi connectivity index (χ4n) is 3.52. The summed E-state index contributed by atoms with van der Waals surface area (Å²) in [6.07, 6.45) is 10.2. The van der Waals surface area contributed by atoms with Gasteiger partial charge >= 0.3 is 0 Å². The van der Waals surface area contributed by atoms with Gasteiger partial charge in [0.05, 0.1) is 0 Å². The molecule has 0 bridgehead atoms. The van der Waals surface area contributed by atoms with E-state index in [1.165, 1.54) is 44.9 Å². The Balaban J connectivity index is 1.89. The Morgan fingerprint density at radius 1 is 1.06 bits per heavy atom. The molecule has 0 saturated heterocycles. The number of rotatable bonds is 4. The van der Waals surface area contributed by atoms with Crippen LogP contribution in [0.2, 0.25) is 0 Å². The van der Waals surface area contributed by atoms with Gasteiger partial charge in [0.1, 0.15) is 0 Å². The van der Waals surface area contributed by atoms with Crippen LogP contribution in [0.1, 0.15) is 58.8 Å². The smallest absolute Gasteiger partial charge is 0.0206 e. The molecule has 0 aromatic carbocycles. The van der Waals surface area contributed by atoms with Crippen LogP contribution in [0.4, 0.5) is 0 Å². The monoisotopic (exact) mass is 255 g/mol. The van der Waals surface area contributed by atoms with E-state index in [4.69, 9.17) is 0 Å². The average molecular weight is 255 g/mol. The fourth-order valence-corrected chi connectivity index (χ4v) is 5.44. The highest BCUT2D eigenvalue weighted by Crippen LogP contribution is 2.41. The van der Waals surface area contributed by atoms with Crippen molar-refractivity contribution >= 4 is 11.8 Å². The lowest BCUT2D eigenvalue weighted by molar-refractivity contribution is 0.251. The van der Waals surface area contributed by atoms with E-state index in [-0.39, 0.29) is 0 Å². The van der Waals surface area contributed by atoms with Crippen LogP contribution in [0.15, 0.2) is 0 Å². The molecule has 0 radical (unpaired) electrons. The van der Waals surface area contributed by atoms with Crippen LogP contribution in [0.25, 0.3) is 0 Å². The van der Waals surface area contributed by atoms with E-state index < -0.39 is 0 Å². The van der Waals surface area contributed by atoms with E-state index in [2.05, 4.69) is 38.0 Å². The Labute approximate surface area is 112 Å². The molecule has 100 valence electrons. The number of nitrogens with one attached hydrogen (secondary N) is 1. The Kier molecular flexibility index (Phi) is 5.23. The third-order valence-electron chi connectivity index (χ3n) is 4.82. The largest absolute Gasteiger partial charge is 0.316 e. The van der Waals surface area contributed by atoms with Crippen LogP contribution in [-0.4, -0.2) is 23.6 Å². The maximum atomic E-state index is 3.57. The standard InChI is InChI=1S/C15H29NS/c1-11(2)12-8-9-14(16-3)15(10-12)17-13-6-4-5-7-13/h11-16H,4-10H2,1-3H3. The van der Waals surface area contributed by atoms with Crippen LogP contribution < -0.4 is 5.32 Å². The fraction of sp³-hybridized carbons (Fsp3) is 1.00. The summed E-state index contributed by atoms with van der Waals surface area (Å²) in [7, 11) is 2.16. The average Bonchev–Trinajstić information content (AvgIpc) is 2.81. The zero-order chi connectivity index (χ0) is 12.3. The molecule has 2 aliphatic carbocycles. The van der Waals surface area contributed by atoms with E-state index in [0.29, 0.717) is 0 Å². The summed E-state index contributed by atoms with van der Waals surface area (Å²) in [5, 5.41) is 5.42. The first-order valence-electron chi connectivity index (χ1n) is 7.53. The van der Waals surface area contributed by atoms with E-state index >= 15 is 0 Å². The van der Waals surface area contributed by atoms with Crippen molar-refractivity contribution in [2.75, 3.05) is 7.05 Å². The molecule has 0 heterocycles. The summed E-state index contributed by atoms with van der Waals surface area (Å²) < 4.78 is 0. The van der Waals surface area contributed by atoms with E-state index in [1.807, 2.05) is 0 Å². The second-order valence-electron chi connectivity index (χ2n) is 6.29. The minimum atomic E-state index is 0.774. The molecule has 2 aliphatic rings. The van der Waals surface area contributed by atoms with Crippen LogP contribution >= 0.6 is 11.8 Å². The summed E-state index contributed by atoms with van der Waals surface area (Å²) in [5.41, 5.74) is 0. The van der Waals surface area contributed by atoms with Gasteiger partial charge in [0, 0.05) is 16.5 Å². The zero-order valence-electron chi connectivity index (χ0n) is 11.7. The minimum Gasteiger partial charge on any atom is -0.316 e. The zero-order valence-corrected chi connectivity index (χ0v) is 12.6. The third-order valence-corrected chi connectivity index (χ3v) is 6.54. The van der Waals surface area contributed by atoms with Crippen molar-refractivity contribution in [3.63, 3.8) is 0 Å². The van der Waals surface area contributed by atoms with Crippen molar-refractivity contribution in [1.82, 2.24) is 5.32 Å². The molecule has 1 N–H and O–H groups in total. The van der Waals surface area contributed by atoms with Crippen molar-refractivity contribution < 1.29 is 0 Å². The number of hydrogen-bond acceptors (Lipinski definition) is 2. The molecule has 2 rings (SSSR count). The summed E-state index contributed by atoms with van der Waals surface area (Å²) in [5.74, 6) is 1.85. The molecule has 2 saturated carbocycles. The van der Waals surface area contributed by atoms with Gasteiger partial charge in [0.25, 0.3) is 0 Å². The summed E-state index contributed by atoms with van der Waals surface area (Å²) in [4.78, 5) is 0. The molecule has 3 atom stereocenters. The molecular weight excluding hydrogens is 226 g/mol. The minimum absolute atomic E-state index is 0.774. The van der Waals surface area contributed by atoms with Gasteiger partial charge in [-0.15, -0.1) is 0 Å². The first-order chi connectivity index (χ1) is 8.20. The Morgan fingerprint density at radius 3 is 2.35 bits per heavy atom. The molecule has 0 aromatic rings. The van der Waals surface area contributed by atoms with Crippen LogP contribution in [0.3, 0.4) is 0 Å². The number of hydrogen-bond donors (Lipinski definition) is 1. The van der Waals surface area contributed by atoms with Crippen molar-refractivity contribution in [2.45, 2.75) is 75.3 Å². The van der Waals surface area contributed by atoms with E-state index in [0.717, 1.165) is 28.4 Å². The predicted molar refractivity (Wildman–Crippen MR) is 78.7 cm³/mol. The SMILES string of the molecule is CNC1CCC(C(C)C)CC1SC1CCCC1. The van der Waals surface area contributed by atoms with Crippen molar-refractivity contribution in [3.8, 4) is 0 Å². The molecule has 2 heteroatoms. The molecule has 1 nitrogen and oxygen atoms in total. The van der Waals surface area contributed by atoms with Gasteiger partial charge in [-0.1, -0.05) is 26.7 Å². The number of thioether (sulfide) groups is 1. The van der Waals surface area contributed by atoms with E-state index in [9.17, 15) is 0 Å². The topological polar surface area (TPSA) is 12.0 Å². The molecular formula is C15H29NS. The summed E-state index contributed by atoms with van der Waals surface area (Å²) in [6, 6.07) is 0.774. The van der Waals surface area contributed by atoms with Crippen molar-refractivity contribution in [2.24, 2.45) is 11.8 Å². The molecule has 0 aliphatic heterocycles. The van der Waals surface area contributed by atoms with Crippen molar-refractivity contribution in [1.29, 1.82) is 0 Å². The Hall–Kier alpha value is 0.310. The highest BCUT2D eigenvalue weighted by atomic mass is 32.2. The lowest BCUT2D eigenvalue weighted by Crippen LogP contribution is -2.42. The normalized spacial score (nSPS) is 35.6. The van der Waals surface area contributed by atoms with Gasteiger partial charge in [-0.3, -0.25) is 0 Å². The van der Waals surface area contributed by atoms with Gasteiger partial charge in [-0.2, -0.15) is 11.8 Å². The quantitative estimate of drug-likeness (QED) is 0.812. The second-order valence-corrected chi connectivity index (χ2v) is 7.84. The molecule has 0 amide bonds. The maximum absolute atomic E-state index is 3.57. The highest BCUT2D eigenvalue weighted by molar-refractivity contribution is 8.00. The first-order valence-corrected chi connectivity index (χ1v) is 8.47. The second kappa shape index (κ2) is 6.47. The molecule has 17 heavy (non-hydrogen) atoms. The van der Waals surface area contributed by atoms with Crippen LogP contribution in [0.5, 0.6) is 0 Å². The van der Waals surface area contributed by atoms with Gasteiger partial charge < -0.3 is 5.32 Å². The van der Waals surface area contributed by atoms with Gasteiger partial charge in [0.2, 0.25) is 0 Å². The summed E-state index contributed by atoms with van der Waals surface area (Å²) >= 11 is 2.32. The van der Waals surface area contributed by atoms with Crippen LogP contribution in [-0.2, 0) is 0 Å². The predicted octanol–water partition coefficient (Wildman–Crippen LogP) is 4.07. The Bertz CT molecular complexity index is 221. The molecule has 0 spiro atoms. The molecule has 0 aromatic heterocycles. The van der Waals surface area contributed by atoms with Crippen LogP contribution in [0, 0.1) is 11.8 Å². The summed E-state index contributed by atoms with van der Waals surface area (Å²) in [6.45, 7) is 4.81. The first kappa shape index (κ1) is 13.7. The molecule has 3 unspecified atom stereocenters. The highest BCUT2D eigenvalue weighted by Gasteiger charge is 2.33. The van der Waals surface area contributed by atoms with Gasteiger partial charge in [-0.25, -0.2) is 0 Å². The van der Waals surface area contributed by atoms with Gasteiger partial charge in [0.15, 0.2) is 0 Å². The van der Waals surface area contributed by atoms with E-state index in [1.54, 1.807) is 0 Å².